The van der Waals surface area contributed by atoms with E-state index in [4.69, 9.17) is 9.47 Å². The van der Waals surface area contributed by atoms with Crippen molar-refractivity contribution in [1.82, 2.24) is 9.78 Å². The molecule has 0 amide bonds. The van der Waals surface area contributed by atoms with Crippen molar-refractivity contribution < 1.29 is 14.3 Å². The Morgan fingerprint density at radius 3 is 2.70 bits per heavy atom. The Morgan fingerprint density at radius 2 is 2.00 bits per heavy atom. The Balaban J connectivity index is 2.25. The van der Waals surface area contributed by atoms with Gasteiger partial charge in [0.15, 0.2) is 5.78 Å². The fourth-order valence-electron chi connectivity index (χ4n) is 1.68. The van der Waals surface area contributed by atoms with Crippen LogP contribution in [0.3, 0.4) is 0 Å². The lowest BCUT2D eigenvalue weighted by Gasteiger charge is -2.06. The summed E-state index contributed by atoms with van der Waals surface area (Å²) in [5.41, 5.74) is 0.0999. The maximum atomic E-state index is 12.1. The fourth-order valence-corrected chi connectivity index (χ4v) is 1.68. The monoisotopic (exact) mass is 274 g/mol. The van der Waals surface area contributed by atoms with Gasteiger partial charge in [0.25, 0.3) is 5.56 Å². The molecule has 2 aromatic rings. The first kappa shape index (κ1) is 13.8. The van der Waals surface area contributed by atoms with Gasteiger partial charge in [0.1, 0.15) is 12.3 Å². The minimum atomic E-state index is -0.359. The normalized spacial score (nSPS) is 10.1. The Kier molecular flexibility index (Phi) is 4.14. The summed E-state index contributed by atoms with van der Waals surface area (Å²) >= 11 is 0. The molecule has 0 spiro atoms. The van der Waals surface area contributed by atoms with Crippen molar-refractivity contribution in [2.45, 2.75) is 6.54 Å². The van der Waals surface area contributed by atoms with E-state index in [0.29, 0.717) is 11.3 Å². The van der Waals surface area contributed by atoms with Crippen molar-refractivity contribution in [2.75, 3.05) is 14.2 Å². The highest BCUT2D eigenvalue weighted by Crippen LogP contribution is 2.13. The number of methoxy groups -OCH3 is 2. The minimum absolute atomic E-state index is 0.150. The molecule has 0 bridgehead atoms. The van der Waals surface area contributed by atoms with E-state index in [1.165, 1.54) is 26.4 Å². The van der Waals surface area contributed by atoms with Crippen molar-refractivity contribution in [2.24, 2.45) is 0 Å². The largest absolute Gasteiger partial charge is 0.497 e. The number of carbonyl (C=O) groups is 1. The number of nitrogens with zero attached hydrogens (tertiary/aromatic N) is 2. The van der Waals surface area contributed by atoms with E-state index in [1.807, 2.05) is 0 Å². The van der Waals surface area contributed by atoms with Crippen molar-refractivity contribution in [1.29, 1.82) is 0 Å². The third kappa shape index (κ3) is 3.03. The minimum Gasteiger partial charge on any atom is -0.497 e. The number of ketones is 1. The zero-order valence-electron chi connectivity index (χ0n) is 11.2. The molecule has 0 atom stereocenters. The lowest BCUT2D eigenvalue weighted by molar-refractivity contribution is 0.0964. The molecule has 20 heavy (non-hydrogen) atoms. The summed E-state index contributed by atoms with van der Waals surface area (Å²) in [7, 11) is 2.97. The Bertz CT molecular complexity index is 679. The zero-order chi connectivity index (χ0) is 14.5. The van der Waals surface area contributed by atoms with Crippen molar-refractivity contribution in [3.8, 4) is 11.6 Å². The molecule has 0 N–H and O–H groups in total. The van der Waals surface area contributed by atoms with Crippen molar-refractivity contribution in [3.63, 3.8) is 0 Å². The molecule has 104 valence electrons. The van der Waals surface area contributed by atoms with Crippen LogP contribution in [0.1, 0.15) is 10.4 Å². The highest BCUT2D eigenvalue weighted by molar-refractivity contribution is 5.96. The average Bonchev–Trinajstić information content (AvgIpc) is 2.49. The Hall–Kier alpha value is -2.63. The summed E-state index contributed by atoms with van der Waals surface area (Å²) in [6.45, 7) is -0.150. The second-order valence-electron chi connectivity index (χ2n) is 4.03. The number of benzene rings is 1. The number of ether oxygens (including phenoxy) is 2. The molecular formula is C14H14N2O4. The molecule has 2 rings (SSSR count). The summed E-state index contributed by atoms with van der Waals surface area (Å²) in [4.78, 5) is 23.8. The van der Waals surface area contributed by atoms with Gasteiger partial charge in [0.2, 0.25) is 5.88 Å². The van der Waals surface area contributed by atoms with Gasteiger partial charge in [-0.05, 0) is 12.1 Å². The van der Waals surface area contributed by atoms with Crippen LogP contribution in [0.15, 0.2) is 41.2 Å². The molecule has 0 radical (unpaired) electrons. The molecule has 6 nitrogen and oxygen atoms in total. The molecular weight excluding hydrogens is 260 g/mol. The Labute approximate surface area is 115 Å². The van der Waals surface area contributed by atoms with Crippen molar-refractivity contribution >= 4 is 5.78 Å². The van der Waals surface area contributed by atoms with Gasteiger partial charge in [0, 0.05) is 17.7 Å². The summed E-state index contributed by atoms with van der Waals surface area (Å²) in [5, 5.41) is 3.93. The van der Waals surface area contributed by atoms with E-state index >= 15 is 0 Å². The van der Waals surface area contributed by atoms with E-state index in [2.05, 4.69) is 5.10 Å². The first-order chi connectivity index (χ1) is 9.63. The molecule has 0 aliphatic heterocycles. The molecule has 6 heteroatoms. The van der Waals surface area contributed by atoms with Crippen LogP contribution in [-0.2, 0) is 6.54 Å². The topological polar surface area (TPSA) is 70.4 Å². The smallest absolute Gasteiger partial charge is 0.267 e. The molecule has 1 aromatic carbocycles. The van der Waals surface area contributed by atoms with Gasteiger partial charge in [0.05, 0.1) is 14.2 Å². The standard InChI is InChI=1S/C14H14N2O4/c1-19-11-5-3-4-10(8-11)12(17)9-16-14(18)7-6-13(15-16)20-2/h3-8H,9H2,1-2H3. The molecule has 0 aliphatic carbocycles. The summed E-state index contributed by atoms with van der Waals surface area (Å²) in [6, 6.07) is 9.50. The van der Waals surface area contributed by atoms with Crippen molar-refractivity contribution in [3.05, 3.63) is 52.3 Å². The van der Waals surface area contributed by atoms with Crippen LogP contribution >= 0.6 is 0 Å². The lowest BCUT2D eigenvalue weighted by atomic mass is 10.1. The molecule has 0 saturated carbocycles. The van der Waals surface area contributed by atoms with Crippen LogP contribution in [0.5, 0.6) is 11.6 Å². The van der Waals surface area contributed by atoms with Gasteiger partial charge in [-0.25, -0.2) is 4.68 Å². The van der Waals surface area contributed by atoms with Crippen LogP contribution < -0.4 is 15.0 Å². The van der Waals surface area contributed by atoms with Crippen LogP contribution in [0.25, 0.3) is 0 Å². The van der Waals surface area contributed by atoms with Crippen LogP contribution in [0, 0.1) is 0 Å². The summed E-state index contributed by atoms with van der Waals surface area (Å²) in [5.74, 6) is 0.636. The zero-order valence-corrected chi connectivity index (χ0v) is 11.2. The fraction of sp³-hybridized carbons (Fsp3) is 0.214. The first-order valence-electron chi connectivity index (χ1n) is 5.93. The van der Waals surface area contributed by atoms with Gasteiger partial charge < -0.3 is 9.47 Å². The summed E-state index contributed by atoms with van der Waals surface area (Å²) < 4.78 is 11.1. The predicted molar refractivity (Wildman–Crippen MR) is 72.4 cm³/mol. The Morgan fingerprint density at radius 1 is 1.20 bits per heavy atom. The highest BCUT2D eigenvalue weighted by Gasteiger charge is 2.10. The lowest BCUT2D eigenvalue weighted by Crippen LogP contribution is -2.26. The molecule has 0 aliphatic rings. The third-order valence-electron chi connectivity index (χ3n) is 2.74. The average molecular weight is 274 g/mol. The highest BCUT2D eigenvalue weighted by atomic mass is 16.5. The quantitative estimate of drug-likeness (QED) is 0.765. The van der Waals surface area contributed by atoms with Gasteiger partial charge in [-0.15, -0.1) is 5.10 Å². The SMILES string of the molecule is COc1cccc(C(=O)Cn2nc(OC)ccc2=O)c1. The maximum absolute atomic E-state index is 12.1. The number of hydrogen-bond acceptors (Lipinski definition) is 5. The van der Waals surface area contributed by atoms with E-state index in [9.17, 15) is 9.59 Å². The second kappa shape index (κ2) is 6.01. The molecule has 0 unspecified atom stereocenters. The number of Topliss-reactive ketones (excluding diaryl/α,β-unsaturated/α-hetero) is 1. The predicted octanol–water partition coefficient (Wildman–Crippen LogP) is 1.14. The molecule has 0 fully saturated rings. The van der Waals surface area contributed by atoms with Gasteiger partial charge in [-0.3, -0.25) is 9.59 Å². The maximum Gasteiger partial charge on any atom is 0.267 e. The van der Waals surface area contributed by atoms with E-state index in [-0.39, 0.29) is 23.8 Å². The molecule has 1 aromatic heterocycles. The summed E-state index contributed by atoms with van der Waals surface area (Å²) in [6.07, 6.45) is 0. The number of carbonyl (C=O) groups excluding carboxylic acids is 1. The third-order valence-corrected chi connectivity index (χ3v) is 2.74. The molecule has 1 heterocycles. The van der Waals surface area contributed by atoms with Crippen LogP contribution in [0.2, 0.25) is 0 Å². The van der Waals surface area contributed by atoms with E-state index in [0.717, 1.165) is 4.68 Å². The van der Waals surface area contributed by atoms with Gasteiger partial charge in [-0.1, -0.05) is 12.1 Å². The number of aromatic nitrogens is 2. The van der Waals surface area contributed by atoms with Crippen LogP contribution in [-0.4, -0.2) is 29.8 Å². The number of hydrogen-bond donors (Lipinski definition) is 0. The first-order valence-corrected chi connectivity index (χ1v) is 5.93. The number of rotatable bonds is 5. The van der Waals surface area contributed by atoms with E-state index in [1.54, 1.807) is 24.3 Å². The molecule has 0 saturated heterocycles. The van der Waals surface area contributed by atoms with Gasteiger partial charge >= 0.3 is 0 Å². The van der Waals surface area contributed by atoms with Gasteiger partial charge in [-0.2, -0.15) is 0 Å². The van der Waals surface area contributed by atoms with Crippen LogP contribution in [0.4, 0.5) is 0 Å². The van der Waals surface area contributed by atoms with E-state index < -0.39 is 0 Å². The second-order valence-corrected chi connectivity index (χ2v) is 4.03.